The molecule has 0 saturated carbocycles. The summed E-state index contributed by atoms with van der Waals surface area (Å²) in [5, 5.41) is 9.91. The molecule has 0 heterocycles. The molecule has 0 aromatic heterocycles. The normalized spacial score (nSPS) is 12.2. The van der Waals surface area contributed by atoms with E-state index >= 15 is 0 Å². The zero-order chi connectivity index (χ0) is 12.0. The fraction of sp³-hybridized carbons (Fsp3) is 0.385. The van der Waals surface area contributed by atoms with Crippen LogP contribution in [0.2, 0.25) is 5.02 Å². The van der Waals surface area contributed by atoms with E-state index in [0.717, 1.165) is 18.4 Å². The highest BCUT2D eigenvalue weighted by Crippen LogP contribution is 2.27. The lowest BCUT2D eigenvalue weighted by molar-refractivity contribution is 0.199. The van der Waals surface area contributed by atoms with E-state index in [1.54, 1.807) is 19.1 Å². The van der Waals surface area contributed by atoms with Gasteiger partial charge in [0.15, 0.2) is 0 Å². The Morgan fingerprint density at radius 2 is 2.31 bits per heavy atom. The summed E-state index contributed by atoms with van der Waals surface area (Å²) in [7, 11) is 0. The Morgan fingerprint density at radius 3 is 2.88 bits per heavy atom. The molecule has 0 fully saturated rings. The third kappa shape index (κ3) is 3.87. The average Bonchev–Trinajstić information content (AvgIpc) is 2.26. The first-order valence-electron chi connectivity index (χ1n) is 5.36. The van der Waals surface area contributed by atoms with Gasteiger partial charge in [-0.2, -0.15) is 0 Å². The van der Waals surface area contributed by atoms with Crippen LogP contribution in [0, 0.1) is 0 Å². The highest BCUT2D eigenvalue weighted by molar-refractivity contribution is 6.32. The summed E-state index contributed by atoms with van der Waals surface area (Å²) in [6.45, 7) is 5.97. The smallest absolute Gasteiger partial charge is 0.137 e. The number of halogens is 1. The van der Waals surface area contributed by atoms with Gasteiger partial charge in [0, 0.05) is 0 Å². The first kappa shape index (κ1) is 13.1. The van der Waals surface area contributed by atoms with Gasteiger partial charge in [0.2, 0.25) is 0 Å². The molecule has 16 heavy (non-hydrogen) atoms. The van der Waals surface area contributed by atoms with E-state index in [0.29, 0.717) is 17.4 Å². The fourth-order valence-electron chi connectivity index (χ4n) is 1.30. The number of allylic oxidation sites excluding steroid dienone is 1. The van der Waals surface area contributed by atoms with Crippen LogP contribution in [0.15, 0.2) is 30.9 Å². The molecular weight excluding hydrogens is 224 g/mol. The van der Waals surface area contributed by atoms with Gasteiger partial charge in [-0.05, 0) is 37.5 Å². The monoisotopic (exact) mass is 240 g/mol. The number of rotatable bonds is 6. The molecule has 0 unspecified atom stereocenters. The van der Waals surface area contributed by atoms with Crippen LogP contribution in [0.25, 0.3) is 0 Å². The van der Waals surface area contributed by atoms with E-state index in [1.807, 2.05) is 12.1 Å². The molecule has 1 aromatic carbocycles. The number of aliphatic hydroxyl groups excluding tert-OH is 1. The van der Waals surface area contributed by atoms with Crippen LogP contribution in [0.4, 0.5) is 0 Å². The van der Waals surface area contributed by atoms with E-state index in [4.69, 9.17) is 16.3 Å². The summed E-state index contributed by atoms with van der Waals surface area (Å²) < 4.78 is 5.51. The van der Waals surface area contributed by atoms with Crippen LogP contribution < -0.4 is 4.74 Å². The highest BCUT2D eigenvalue weighted by Gasteiger charge is 2.06. The standard InChI is InChI=1S/C13H17ClO2/c1-3-4-5-8-16-13-7-6-11(10(2)15)9-12(13)14/h3,6-7,9-10,15H,1,4-5,8H2,2H3/t10-/m1/s1. The third-order valence-electron chi connectivity index (χ3n) is 2.25. The van der Waals surface area contributed by atoms with Gasteiger partial charge in [0.25, 0.3) is 0 Å². The molecule has 0 aliphatic carbocycles. The van der Waals surface area contributed by atoms with Crippen molar-refractivity contribution in [3.8, 4) is 5.75 Å². The van der Waals surface area contributed by atoms with Gasteiger partial charge in [-0.15, -0.1) is 6.58 Å². The van der Waals surface area contributed by atoms with Crippen molar-refractivity contribution in [3.63, 3.8) is 0 Å². The lowest BCUT2D eigenvalue weighted by Gasteiger charge is -2.10. The van der Waals surface area contributed by atoms with Gasteiger partial charge < -0.3 is 9.84 Å². The Kier molecular flexibility index (Phi) is 5.36. The van der Waals surface area contributed by atoms with Crippen molar-refractivity contribution < 1.29 is 9.84 Å². The van der Waals surface area contributed by atoms with Crippen LogP contribution in [0.1, 0.15) is 31.4 Å². The summed E-state index contributed by atoms with van der Waals surface area (Å²) in [5.74, 6) is 0.662. The maximum atomic E-state index is 9.37. The molecule has 0 bridgehead atoms. The number of hydrogen-bond acceptors (Lipinski definition) is 2. The fourth-order valence-corrected chi connectivity index (χ4v) is 1.55. The van der Waals surface area contributed by atoms with Gasteiger partial charge >= 0.3 is 0 Å². The predicted molar refractivity (Wildman–Crippen MR) is 67.0 cm³/mol. The molecule has 0 amide bonds. The molecule has 0 saturated heterocycles. The lowest BCUT2D eigenvalue weighted by atomic mass is 10.1. The van der Waals surface area contributed by atoms with Crippen LogP contribution >= 0.6 is 11.6 Å². The quantitative estimate of drug-likeness (QED) is 0.606. The molecule has 3 heteroatoms. The molecule has 1 aromatic rings. The van der Waals surface area contributed by atoms with Crippen molar-refractivity contribution in [1.82, 2.24) is 0 Å². The van der Waals surface area contributed by atoms with Gasteiger partial charge in [-0.3, -0.25) is 0 Å². The zero-order valence-corrected chi connectivity index (χ0v) is 10.2. The topological polar surface area (TPSA) is 29.5 Å². The Hall–Kier alpha value is -0.990. The second-order valence-electron chi connectivity index (χ2n) is 3.65. The summed E-state index contributed by atoms with van der Waals surface area (Å²) in [4.78, 5) is 0. The Balaban J connectivity index is 2.57. The van der Waals surface area contributed by atoms with Crippen LogP contribution in [-0.4, -0.2) is 11.7 Å². The van der Waals surface area contributed by atoms with Crippen molar-refractivity contribution in [2.75, 3.05) is 6.61 Å². The minimum Gasteiger partial charge on any atom is -0.492 e. The van der Waals surface area contributed by atoms with Crippen LogP contribution in [0.3, 0.4) is 0 Å². The maximum absolute atomic E-state index is 9.37. The average molecular weight is 241 g/mol. The number of aliphatic hydroxyl groups is 1. The van der Waals surface area contributed by atoms with E-state index in [9.17, 15) is 5.11 Å². The summed E-state index contributed by atoms with van der Waals surface area (Å²) in [5.41, 5.74) is 0.795. The van der Waals surface area contributed by atoms with Crippen molar-refractivity contribution in [2.45, 2.75) is 25.9 Å². The second kappa shape index (κ2) is 6.56. The lowest BCUT2D eigenvalue weighted by Crippen LogP contribution is -1.98. The molecule has 2 nitrogen and oxygen atoms in total. The maximum Gasteiger partial charge on any atom is 0.137 e. The molecular formula is C13H17ClO2. The summed E-state index contributed by atoms with van der Waals surface area (Å²) >= 11 is 6.03. The van der Waals surface area contributed by atoms with Crippen molar-refractivity contribution >= 4 is 11.6 Å². The molecule has 1 N–H and O–H groups in total. The van der Waals surface area contributed by atoms with Crippen molar-refractivity contribution in [3.05, 3.63) is 41.4 Å². The molecule has 0 spiro atoms. The van der Waals surface area contributed by atoms with Crippen molar-refractivity contribution in [2.24, 2.45) is 0 Å². The number of benzene rings is 1. The molecule has 88 valence electrons. The summed E-state index contributed by atoms with van der Waals surface area (Å²) in [6.07, 6.45) is 3.22. The van der Waals surface area contributed by atoms with E-state index in [2.05, 4.69) is 6.58 Å². The minimum absolute atomic E-state index is 0.507. The number of hydrogen-bond donors (Lipinski definition) is 1. The van der Waals surface area contributed by atoms with Crippen LogP contribution in [-0.2, 0) is 0 Å². The van der Waals surface area contributed by atoms with Gasteiger partial charge in [0.1, 0.15) is 5.75 Å². The van der Waals surface area contributed by atoms with Crippen molar-refractivity contribution in [1.29, 1.82) is 0 Å². The second-order valence-corrected chi connectivity index (χ2v) is 4.05. The third-order valence-corrected chi connectivity index (χ3v) is 2.54. The van der Waals surface area contributed by atoms with E-state index in [-0.39, 0.29) is 0 Å². The molecule has 1 atom stereocenters. The van der Waals surface area contributed by atoms with Gasteiger partial charge in [0.05, 0.1) is 17.7 Å². The van der Waals surface area contributed by atoms with Gasteiger partial charge in [-0.25, -0.2) is 0 Å². The largest absolute Gasteiger partial charge is 0.492 e. The Morgan fingerprint density at radius 1 is 1.56 bits per heavy atom. The van der Waals surface area contributed by atoms with E-state index < -0.39 is 6.10 Å². The predicted octanol–water partition coefficient (Wildman–Crippen LogP) is 3.74. The van der Waals surface area contributed by atoms with Crippen LogP contribution in [0.5, 0.6) is 5.75 Å². The molecule has 1 rings (SSSR count). The highest BCUT2D eigenvalue weighted by atomic mass is 35.5. The Labute approximate surface area is 102 Å². The summed E-state index contributed by atoms with van der Waals surface area (Å²) in [6, 6.07) is 5.34. The number of ether oxygens (including phenoxy) is 1. The first-order valence-corrected chi connectivity index (χ1v) is 5.74. The first-order chi connectivity index (χ1) is 7.65. The van der Waals surface area contributed by atoms with E-state index in [1.165, 1.54) is 0 Å². The molecule has 0 aliphatic rings. The zero-order valence-electron chi connectivity index (χ0n) is 9.45. The SMILES string of the molecule is C=CCCCOc1ccc([C@@H](C)O)cc1Cl. The van der Waals surface area contributed by atoms with Gasteiger partial charge in [-0.1, -0.05) is 23.7 Å². The Bertz CT molecular complexity index is 348. The minimum atomic E-state index is -0.507. The molecule has 0 aliphatic heterocycles. The number of unbranched alkanes of at least 4 members (excludes halogenated alkanes) is 1. The molecule has 0 radical (unpaired) electrons.